The van der Waals surface area contributed by atoms with Crippen LogP contribution in [0.3, 0.4) is 0 Å². The van der Waals surface area contributed by atoms with Crippen molar-refractivity contribution < 1.29 is 13.2 Å². The molecular formula is C13H6Cl3F3N. The van der Waals surface area contributed by atoms with Crippen LogP contribution in [0.5, 0.6) is 0 Å². The zero-order valence-corrected chi connectivity index (χ0v) is 12.0. The second-order valence-electron chi connectivity index (χ2n) is 3.99. The molecule has 0 aliphatic heterocycles. The maximum Gasteiger partial charge on any atom is 0.416 e. The van der Waals surface area contributed by atoms with Gasteiger partial charge in [-0.2, -0.15) is 13.2 Å². The van der Waals surface area contributed by atoms with Crippen LogP contribution in [0.1, 0.15) is 16.7 Å². The Balaban J connectivity index is 2.47. The van der Waals surface area contributed by atoms with Crippen LogP contribution >= 0.6 is 34.8 Å². The molecule has 0 fully saturated rings. The Morgan fingerprint density at radius 2 is 1.85 bits per heavy atom. The Hall–Kier alpha value is -0.970. The Morgan fingerprint density at radius 3 is 2.40 bits per heavy atom. The molecule has 0 amide bonds. The Morgan fingerprint density at radius 1 is 1.15 bits per heavy atom. The third-order valence-electron chi connectivity index (χ3n) is 2.57. The van der Waals surface area contributed by atoms with Gasteiger partial charge in [-0.05, 0) is 23.3 Å². The van der Waals surface area contributed by atoms with Gasteiger partial charge in [0.25, 0.3) is 0 Å². The number of hydrogen-bond donors (Lipinski definition) is 0. The van der Waals surface area contributed by atoms with Crippen LogP contribution < -0.4 is 0 Å². The van der Waals surface area contributed by atoms with Crippen molar-refractivity contribution >= 4 is 34.8 Å². The Bertz CT molecular complexity index is 624. The van der Waals surface area contributed by atoms with Crippen LogP contribution in [0.4, 0.5) is 13.2 Å². The number of halogens is 6. The average Bonchev–Trinajstić information content (AvgIpc) is 2.33. The fourth-order valence-electron chi connectivity index (χ4n) is 1.69. The molecule has 1 heterocycles. The van der Waals surface area contributed by atoms with E-state index >= 15 is 0 Å². The molecule has 2 rings (SSSR count). The van der Waals surface area contributed by atoms with E-state index in [4.69, 9.17) is 34.8 Å². The fraction of sp³-hybridized carbons (Fsp3) is 0.154. The van der Waals surface area contributed by atoms with Gasteiger partial charge in [0.05, 0.1) is 15.6 Å². The van der Waals surface area contributed by atoms with Gasteiger partial charge in [0.15, 0.2) is 0 Å². The summed E-state index contributed by atoms with van der Waals surface area (Å²) >= 11 is 17.0. The van der Waals surface area contributed by atoms with Crippen LogP contribution in [0.15, 0.2) is 24.4 Å². The first-order valence-corrected chi connectivity index (χ1v) is 6.48. The molecule has 0 atom stereocenters. The van der Waals surface area contributed by atoms with Gasteiger partial charge in [-0.1, -0.05) is 40.9 Å². The van der Waals surface area contributed by atoms with Gasteiger partial charge in [0, 0.05) is 18.7 Å². The molecule has 7 heteroatoms. The van der Waals surface area contributed by atoms with Crippen LogP contribution in [-0.2, 0) is 12.6 Å². The second kappa shape index (κ2) is 5.80. The number of alkyl halides is 3. The lowest BCUT2D eigenvalue weighted by atomic mass is 10.0. The van der Waals surface area contributed by atoms with E-state index in [9.17, 15) is 13.2 Å². The van der Waals surface area contributed by atoms with Gasteiger partial charge in [-0.25, -0.2) is 4.98 Å². The van der Waals surface area contributed by atoms with Crippen molar-refractivity contribution in [2.75, 3.05) is 0 Å². The lowest BCUT2D eigenvalue weighted by Crippen LogP contribution is -2.10. The summed E-state index contributed by atoms with van der Waals surface area (Å²) in [5.41, 5.74) is -0.411. The van der Waals surface area contributed by atoms with Crippen molar-refractivity contribution in [2.45, 2.75) is 12.6 Å². The fourth-order valence-corrected chi connectivity index (χ4v) is 2.32. The molecule has 2 aromatic rings. The van der Waals surface area contributed by atoms with Crippen LogP contribution in [0, 0.1) is 6.07 Å². The van der Waals surface area contributed by atoms with Crippen molar-refractivity contribution in [3.8, 4) is 0 Å². The first-order chi connectivity index (χ1) is 9.27. The third kappa shape index (κ3) is 3.57. The first-order valence-electron chi connectivity index (χ1n) is 5.35. The maximum atomic E-state index is 13.0. The predicted octanol–water partition coefficient (Wildman–Crippen LogP) is 5.45. The van der Waals surface area contributed by atoms with Gasteiger partial charge >= 0.3 is 6.18 Å². The maximum absolute atomic E-state index is 13.0. The molecule has 0 bridgehead atoms. The van der Waals surface area contributed by atoms with Gasteiger partial charge < -0.3 is 0 Å². The molecule has 0 N–H and O–H groups in total. The molecule has 0 spiro atoms. The van der Waals surface area contributed by atoms with Crippen LogP contribution in [-0.4, -0.2) is 4.98 Å². The van der Waals surface area contributed by atoms with Crippen molar-refractivity contribution in [1.29, 1.82) is 0 Å². The number of benzene rings is 1. The first kappa shape index (κ1) is 15.4. The quantitative estimate of drug-likeness (QED) is 0.663. The lowest BCUT2D eigenvalue weighted by Gasteiger charge is -2.14. The summed E-state index contributed by atoms with van der Waals surface area (Å²) in [6.45, 7) is 0. The monoisotopic (exact) mass is 338 g/mol. The van der Waals surface area contributed by atoms with E-state index in [1.165, 1.54) is 12.3 Å². The minimum Gasteiger partial charge on any atom is -0.244 e. The molecule has 1 radical (unpaired) electrons. The SMILES string of the molecule is FC(F)(F)c1cc(Cl)[c]c(Cl)c1Cc1ccc(Cl)nc1. The summed E-state index contributed by atoms with van der Waals surface area (Å²) in [5, 5.41) is -0.0707. The zero-order valence-electron chi connectivity index (χ0n) is 9.73. The summed E-state index contributed by atoms with van der Waals surface area (Å²) in [7, 11) is 0. The molecular weight excluding hydrogens is 334 g/mol. The van der Waals surface area contributed by atoms with Crippen molar-refractivity contribution in [3.63, 3.8) is 0 Å². The van der Waals surface area contributed by atoms with E-state index in [-0.39, 0.29) is 27.2 Å². The molecule has 0 saturated carbocycles. The van der Waals surface area contributed by atoms with Crippen LogP contribution in [0.25, 0.3) is 0 Å². The molecule has 1 aromatic carbocycles. The Labute approximate surface area is 128 Å². The molecule has 0 aliphatic rings. The van der Waals surface area contributed by atoms with E-state index in [1.807, 2.05) is 0 Å². The standard InChI is InChI=1S/C13H6Cl3F3N/c14-8-4-10(13(17,18)19)9(11(15)5-8)3-7-1-2-12(16)20-6-7/h1-2,4,6H,3H2. The summed E-state index contributed by atoms with van der Waals surface area (Å²) in [6, 6.07) is 6.36. The van der Waals surface area contributed by atoms with Crippen molar-refractivity contribution in [3.05, 3.63) is 62.4 Å². The Kier molecular flexibility index (Phi) is 4.47. The van der Waals surface area contributed by atoms with Gasteiger partial charge in [-0.3, -0.25) is 0 Å². The minimum atomic E-state index is -4.54. The van der Waals surface area contributed by atoms with E-state index in [0.717, 1.165) is 6.07 Å². The molecule has 0 unspecified atom stereocenters. The van der Waals surface area contributed by atoms with Gasteiger partial charge in [-0.15, -0.1) is 0 Å². The molecule has 105 valence electrons. The topological polar surface area (TPSA) is 12.9 Å². The summed E-state index contributed by atoms with van der Waals surface area (Å²) in [6.07, 6.45) is -3.18. The normalized spacial score (nSPS) is 11.7. The number of hydrogen-bond acceptors (Lipinski definition) is 1. The molecule has 0 aliphatic carbocycles. The highest BCUT2D eigenvalue weighted by molar-refractivity contribution is 6.35. The summed E-state index contributed by atoms with van der Waals surface area (Å²) < 4.78 is 39.0. The number of pyridine rings is 1. The molecule has 1 aromatic heterocycles. The summed E-state index contributed by atoms with van der Waals surface area (Å²) in [4.78, 5) is 3.82. The van der Waals surface area contributed by atoms with E-state index in [0.29, 0.717) is 5.56 Å². The van der Waals surface area contributed by atoms with E-state index in [2.05, 4.69) is 11.1 Å². The largest absolute Gasteiger partial charge is 0.416 e. The van der Waals surface area contributed by atoms with Crippen molar-refractivity contribution in [2.24, 2.45) is 0 Å². The molecule has 0 saturated heterocycles. The predicted molar refractivity (Wildman–Crippen MR) is 72.4 cm³/mol. The van der Waals surface area contributed by atoms with E-state index in [1.54, 1.807) is 6.07 Å². The number of nitrogens with zero attached hydrogens (tertiary/aromatic N) is 1. The summed E-state index contributed by atoms with van der Waals surface area (Å²) in [5.74, 6) is 0. The van der Waals surface area contributed by atoms with Gasteiger partial charge in [0.2, 0.25) is 0 Å². The minimum absolute atomic E-state index is 0.0362. The van der Waals surface area contributed by atoms with E-state index < -0.39 is 11.7 Å². The highest BCUT2D eigenvalue weighted by Gasteiger charge is 2.34. The second-order valence-corrected chi connectivity index (χ2v) is 5.16. The smallest absolute Gasteiger partial charge is 0.244 e. The number of aromatic nitrogens is 1. The van der Waals surface area contributed by atoms with Gasteiger partial charge in [0.1, 0.15) is 5.15 Å². The zero-order chi connectivity index (χ0) is 14.9. The van der Waals surface area contributed by atoms with Crippen LogP contribution in [0.2, 0.25) is 15.2 Å². The van der Waals surface area contributed by atoms with Crippen molar-refractivity contribution in [1.82, 2.24) is 4.98 Å². The molecule has 1 nitrogen and oxygen atoms in total. The highest BCUT2D eigenvalue weighted by atomic mass is 35.5. The number of rotatable bonds is 2. The lowest BCUT2D eigenvalue weighted by molar-refractivity contribution is -0.138. The average molecular weight is 340 g/mol. The third-order valence-corrected chi connectivity index (χ3v) is 3.32. The molecule has 20 heavy (non-hydrogen) atoms. The highest BCUT2D eigenvalue weighted by Crippen LogP contribution is 2.38.